The molecular formula is C4H2N2S. The fourth-order valence-electron chi connectivity index (χ4n) is 0.0827. The summed E-state index contributed by atoms with van der Waals surface area (Å²) in [4.78, 5) is 0. The molecule has 7 heavy (non-hydrogen) atoms. The molecule has 0 amide bonds. The lowest BCUT2D eigenvalue weighted by Crippen LogP contribution is -1.62. The Balaban J connectivity index is 4.03. The Morgan fingerprint density at radius 3 is 1.86 bits per heavy atom. The normalized spacial score (nSPS) is 5.57. The minimum absolute atomic E-state index is 0.0309. The van der Waals surface area contributed by atoms with Crippen LogP contribution in [0, 0.1) is 22.7 Å². The van der Waals surface area contributed by atoms with Crippen molar-refractivity contribution in [3.8, 4) is 12.1 Å². The zero-order valence-corrected chi connectivity index (χ0v) is 4.31. The summed E-state index contributed by atoms with van der Waals surface area (Å²) in [6, 6.07) is 3.25. The van der Waals surface area contributed by atoms with Crippen molar-refractivity contribution in [1.29, 1.82) is 10.5 Å². The number of nitrogens with zero attached hydrogens (tertiary/aromatic N) is 2. The number of allylic oxidation sites excluding steroid dienone is 1. The highest BCUT2D eigenvalue weighted by Gasteiger charge is 1.82. The maximum atomic E-state index is 7.94. The molecule has 2 nitrogen and oxygen atoms in total. The van der Waals surface area contributed by atoms with E-state index in [1.54, 1.807) is 12.1 Å². The Morgan fingerprint density at radius 2 is 1.86 bits per heavy atom. The monoisotopic (exact) mass is 110 g/mol. The lowest BCUT2D eigenvalue weighted by molar-refractivity contribution is 1.47. The molecule has 0 aromatic heterocycles. The third-order valence-electron chi connectivity index (χ3n) is 0.370. The van der Waals surface area contributed by atoms with E-state index >= 15 is 0 Å². The topological polar surface area (TPSA) is 47.6 Å². The van der Waals surface area contributed by atoms with E-state index in [0.29, 0.717) is 0 Å². The van der Waals surface area contributed by atoms with Gasteiger partial charge < -0.3 is 0 Å². The van der Waals surface area contributed by atoms with Gasteiger partial charge in [-0.05, 0) is 5.41 Å². The minimum atomic E-state index is 0.0309. The average molecular weight is 110 g/mol. The van der Waals surface area contributed by atoms with Crippen molar-refractivity contribution in [3.05, 3.63) is 11.0 Å². The standard InChI is InChI=1S/C4H2N2S/c5-1-4(2-6)3-7/h3,7H. The van der Waals surface area contributed by atoms with Crippen molar-refractivity contribution in [2.45, 2.75) is 0 Å². The van der Waals surface area contributed by atoms with Crippen molar-refractivity contribution in [3.63, 3.8) is 0 Å². The zero-order valence-electron chi connectivity index (χ0n) is 3.42. The van der Waals surface area contributed by atoms with Crippen LogP contribution < -0.4 is 0 Å². The molecule has 0 aliphatic carbocycles. The average Bonchev–Trinajstić information content (AvgIpc) is 1.72. The Kier molecular flexibility index (Phi) is 2.83. The second kappa shape index (κ2) is 3.27. The van der Waals surface area contributed by atoms with Crippen molar-refractivity contribution in [2.75, 3.05) is 0 Å². The van der Waals surface area contributed by atoms with Gasteiger partial charge in [0.05, 0.1) is 0 Å². The van der Waals surface area contributed by atoms with E-state index in [9.17, 15) is 0 Å². The van der Waals surface area contributed by atoms with Gasteiger partial charge in [0.25, 0.3) is 0 Å². The van der Waals surface area contributed by atoms with E-state index in [1.807, 2.05) is 0 Å². The second-order valence-electron chi connectivity index (χ2n) is 0.766. The van der Waals surface area contributed by atoms with Crippen LogP contribution in [0.2, 0.25) is 0 Å². The van der Waals surface area contributed by atoms with Crippen LogP contribution in [-0.4, -0.2) is 0 Å². The predicted molar refractivity (Wildman–Crippen MR) is 28.3 cm³/mol. The summed E-state index contributed by atoms with van der Waals surface area (Å²) >= 11 is 3.57. The molecule has 0 radical (unpaired) electrons. The summed E-state index contributed by atoms with van der Waals surface area (Å²) in [5.74, 6) is 0. The summed E-state index contributed by atoms with van der Waals surface area (Å²) in [6.07, 6.45) is 0. The van der Waals surface area contributed by atoms with E-state index in [2.05, 4.69) is 12.6 Å². The summed E-state index contributed by atoms with van der Waals surface area (Å²) < 4.78 is 0. The smallest absolute Gasteiger partial charge is 0.135 e. The fourth-order valence-corrected chi connectivity index (χ4v) is 0.198. The highest BCUT2D eigenvalue weighted by Crippen LogP contribution is 1.88. The molecular weight excluding hydrogens is 108 g/mol. The maximum Gasteiger partial charge on any atom is 0.135 e. The fraction of sp³-hybridized carbons (Fsp3) is 0. The Hall–Kier alpha value is -0.930. The van der Waals surface area contributed by atoms with Crippen LogP contribution in [0.5, 0.6) is 0 Å². The highest BCUT2D eigenvalue weighted by atomic mass is 32.1. The van der Waals surface area contributed by atoms with Crippen LogP contribution in [0.25, 0.3) is 0 Å². The molecule has 0 aromatic rings. The molecule has 0 saturated carbocycles. The van der Waals surface area contributed by atoms with E-state index in [0.717, 1.165) is 0 Å². The number of rotatable bonds is 0. The van der Waals surface area contributed by atoms with Crippen LogP contribution >= 0.6 is 12.6 Å². The molecule has 0 atom stereocenters. The third kappa shape index (κ3) is 1.86. The summed E-state index contributed by atoms with van der Waals surface area (Å²) in [7, 11) is 0. The molecule has 0 fully saturated rings. The molecule has 0 rings (SSSR count). The molecule has 0 aliphatic rings. The molecule has 34 valence electrons. The number of nitriles is 2. The van der Waals surface area contributed by atoms with Gasteiger partial charge >= 0.3 is 0 Å². The van der Waals surface area contributed by atoms with Crippen molar-refractivity contribution >= 4 is 12.6 Å². The van der Waals surface area contributed by atoms with Gasteiger partial charge in [0.2, 0.25) is 0 Å². The summed E-state index contributed by atoms with van der Waals surface area (Å²) in [5.41, 5.74) is 0.0309. The van der Waals surface area contributed by atoms with Gasteiger partial charge in [-0.1, -0.05) is 0 Å². The lowest BCUT2D eigenvalue weighted by Gasteiger charge is -1.66. The third-order valence-corrected chi connectivity index (χ3v) is 0.628. The molecule has 3 heteroatoms. The van der Waals surface area contributed by atoms with Gasteiger partial charge in [0, 0.05) is 0 Å². The molecule has 0 aliphatic heterocycles. The van der Waals surface area contributed by atoms with Gasteiger partial charge in [-0.25, -0.2) is 0 Å². The zero-order chi connectivity index (χ0) is 5.70. The maximum absolute atomic E-state index is 7.94. The highest BCUT2D eigenvalue weighted by molar-refractivity contribution is 7.83. The van der Waals surface area contributed by atoms with Gasteiger partial charge in [-0.3, -0.25) is 0 Å². The van der Waals surface area contributed by atoms with E-state index in [-0.39, 0.29) is 5.57 Å². The molecule has 0 bridgehead atoms. The largest absolute Gasteiger partial charge is 0.192 e. The molecule has 0 N–H and O–H groups in total. The van der Waals surface area contributed by atoms with E-state index in [1.165, 1.54) is 5.41 Å². The van der Waals surface area contributed by atoms with Gasteiger partial charge in [0.1, 0.15) is 17.7 Å². The van der Waals surface area contributed by atoms with Crippen LogP contribution in [0.15, 0.2) is 11.0 Å². The molecule has 0 saturated heterocycles. The number of hydrogen-bond donors (Lipinski definition) is 1. The van der Waals surface area contributed by atoms with Gasteiger partial charge in [-0.2, -0.15) is 10.5 Å². The first-order chi connectivity index (χ1) is 3.35. The summed E-state index contributed by atoms with van der Waals surface area (Å²) in [6.45, 7) is 0. The Labute approximate surface area is 47.1 Å². The van der Waals surface area contributed by atoms with Crippen LogP contribution in [0.1, 0.15) is 0 Å². The SMILES string of the molecule is N#CC(C#N)=CS. The van der Waals surface area contributed by atoms with Crippen molar-refractivity contribution in [1.82, 2.24) is 0 Å². The first-order valence-corrected chi connectivity index (χ1v) is 2.01. The molecule has 0 aromatic carbocycles. The molecule has 0 unspecified atom stereocenters. The lowest BCUT2D eigenvalue weighted by atomic mass is 10.4. The van der Waals surface area contributed by atoms with E-state index < -0.39 is 0 Å². The number of hydrogen-bond acceptors (Lipinski definition) is 3. The minimum Gasteiger partial charge on any atom is -0.192 e. The predicted octanol–water partition coefficient (Wildman–Crippen LogP) is 0.847. The van der Waals surface area contributed by atoms with Gasteiger partial charge in [-0.15, -0.1) is 12.6 Å². The van der Waals surface area contributed by atoms with Crippen molar-refractivity contribution < 1.29 is 0 Å². The van der Waals surface area contributed by atoms with Crippen LogP contribution in [0.4, 0.5) is 0 Å². The first-order valence-electron chi connectivity index (χ1n) is 1.49. The second-order valence-corrected chi connectivity index (χ2v) is 1.02. The quantitative estimate of drug-likeness (QED) is 0.371. The van der Waals surface area contributed by atoms with Crippen LogP contribution in [-0.2, 0) is 0 Å². The Morgan fingerprint density at radius 1 is 1.43 bits per heavy atom. The van der Waals surface area contributed by atoms with Gasteiger partial charge in [0.15, 0.2) is 0 Å². The van der Waals surface area contributed by atoms with Crippen molar-refractivity contribution in [2.24, 2.45) is 0 Å². The molecule has 0 spiro atoms. The van der Waals surface area contributed by atoms with Crippen LogP contribution in [0.3, 0.4) is 0 Å². The molecule has 0 heterocycles. The van der Waals surface area contributed by atoms with E-state index in [4.69, 9.17) is 10.5 Å². The first kappa shape index (κ1) is 6.07. The summed E-state index contributed by atoms with van der Waals surface area (Å²) in [5, 5.41) is 17.0. The Bertz CT molecular complexity index is 142. The number of thiol groups is 1.